The number of hydrogen-bond donors (Lipinski definition) is 2. The zero-order valence-corrected chi connectivity index (χ0v) is 12.4. The van der Waals surface area contributed by atoms with E-state index in [1.807, 2.05) is 20.8 Å². The standard InChI is InChI=1S/C16H23FN2O/c1-11-6-7-14(13(17)9-11)19-15(20)16(2,3)12-5-4-8-18-10-12/h6-7,9,12,18H,4-5,8,10H2,1-3H3,(H,19,20). The first kappa shape index (κ1) is 15.0. The fourth-order valence-corrected chi connectivity index (χ4v) is 2.66. The number of halogens is 1. The summed E-state index contributed by atoms with van der Waals surface area (Å²) in [5.41, 5.74) is 0.596. The van der Waals surface area contributed by atoms with E-state index in [4.69, 9.17) is 0 Å². The Balaban J connectivity index is 2.09. The van der Waals surface area contributed by atoms with Crippen LogP contribution in [0.2, 0.25) is 0 Å². The van der Waals surface area contributed by atoms with Gasteiger partial charge in [-0.05, 0) is 56.5 Å². The molecular weight excluding hydrogens is 255 g/mol. The Morgan fingerprint density at radius 3 is 2.80 bits per heavy atom. The molecule has 4 heteroatoms. The second kappa shape index (κ2) is 5.92. The third-order valence-corrected chi connectivity index (χ3v) is 4.28. The minimum atomic E-state index is -0.509. The van der Waals surface area contributed by atoms with E-state index in [0.717, 1.165) is 31.5 Å². The van der Waals surface area contributed by atoms with E-state index in [-0.39, 0.29) is 23.3 Å². The number of carbonyl (C=O) groups is 1. The van der Waals surface area contributed by atoms with E-state index in [2.05, 4.69) is 10.6 Å². The lowest BCUT2D eigenvalue weighted by atomic mass is 9.74. The number of nitrogens with one attached hydrogen (secondary N) is 2. The van der Waals surface area contributed by atoms with Crippen LogP contribution in [0.25, 0.3) is 0 Å². The van der Waals surface area contributed by atoms with E-state index in [1.54, 1.807) is 12.1 Å². The SMILES string of the molecule is Cc1ccc(NC(=O)C(C)(C)C2CCCNC2)c(F)c1. The number of benzene rings is 1. The molecule has 0 aliphatic carbocycles. The topological polar surface area (TPSA) is 41.1 Å². The van der Waals surface area contributed by atoms with Gasteiger partial charge in [-0.2, -0.15) is 0 Å². The van der Waals surface area contributed by atoms with Crippen molar-refractivity contribution in [3.8, 4) is 0 Å². The molecule has 1 aliphatic rings. The van der Waals surface area contributed by atoms with Crippen LogP contribution in [0.4, 0.5) is 10.1 Å². The fraction of sp³-hybridized carbons (Fsp3) is 0.562. The van der Waals surface area contributed by atoms with Gasteiger partial charge in [0.05, 0.1) is 5.69 Å². The first-order valence-corrected chi connectivity index (χ1v) is 7.19. The van der Waals surface area contributed by atoms with Gasteiger partial charge in [-0.1, -0.05) is 19.9 Å². The van der Waals surface area contributed by atoms with Gasteiger partial charge in [-0.25, -0.2) is 4.39 Å². The van der Waals surface area contributed by atoms with E-state index in [1.165, 1.54) is 6.07 Å². The van der Waals surface area contributed by atoms with Crippen molar-refractivity contribution in [2.75, 3.05) is 18.4 Å². The maximum absolute atomic E-state index is 13.8. The Labute approximate surface area is 120 Å². The third-order valence-electron chi connectivity index (χ3n) is 4.28. The van der Waals surface area contributed by atoms with Gasteiger partial charge in [0.2, 0.25) is 5.91 Å². The maximum atomic E-state index is 13.8. The number of amides is 1. The Morgan fingerprint density at radius 1 is 1.45 bits per heavy atom. The van der Waals surface area contributed by atoms with Crippen molar-refractivity contribution in [1.29, 1.82) is 0 Å². The summed E-state index contributed by atoms with van der Waals surface area (Å²) in [6, 6.07) is 4.86. The van der Waals surface area contributed by atoms with Gasteiger partial charge >= 0.3 is 0 Å². The van der Waals surface area contributed by atoms with Gasteiger partial charge in [0.1, 0.15) is 5.82 Å². The van der Waals surface area contributed by atoms with Crippen molar-refractivity contribution in [2.45, 2.75) is 33.6 Å². The minimum absolute atomic E-state index is 0.117. The molecule has 1 saturated heterocycles. The zero-order chi connectivity index (χ0) is 14.8. The van der Waals surface area contributed by atoms with Gasteiger partial charge in [-0.3, -0.25) is 4.79 Å². The number of piperidine rings is 1. The summed E-state index contributed by atoms with van der Waals surface area (Å²) in [6.07, 6.45) is 2.12. The molecule has 1 aromatic carbocycles. The molecule has 3 nitrogen and oxygen atoms in total. The minimum Gasteiger partial charge on any atom is -0.323 e. The molecule has 1 unspecified atom stereocenters. The van der Waals surface area contributed by atoms with E-state index in [0.29, 0.717) is 0 Å². The van der Waals surface area contributed by atoms with Crippen LogP contribution in [0, 0.1) is 24.1 Å². The zero-order valence-electron chi connectivity index (χ0n) is 12.4. The number of carbonyl (C=O) groups excluding carboxylic acids is 1. The van der Waals surface area contributed by atoms with Crippen molar-refractivity contribution >= 4 is 11.6 Å². The normalized spacial score (nSPS) is 19.7. The summed E-state index contributed by atoms with van der Waals surface area (Å²) >= 11 is 0. The summed E-state index contributed by atoms with van der Waals surface area (Å²) < 4.78 is 13.8. The van der Waals surface area contributed by atoms with Gasteiger partial charge < -0.3 is 10.6 Å². The molecular formula is C16H23FN2O. The largest absolute Gasteiger partial charge is 0.323 e. The molecule has 1 aromatic rings. The number of hydrogen-bond acceptors (Lipinski definition) is 2. The number of rotatable bonds is 3. The Morgan fingerprint density at radius 2 is 2.20 bits per heavy atom. The molecule has 1 heterocycles. The quantitative estimate of drug-likeness (QED) is 0.892. The van der Waals surface area contributed by atoms with Crippen molar-refractivity contribution in [1.82, 2.24) is 5.32 Å². The van der Waals surface area contributed by atoms with Crippen LogP contribution in [0.1, 0.15) is 32.3 Å². The molecule has 0 radical (unpaired) electrons. The van der Waals surface area contributed by atoms with Crippen LogP contribution >= 0.6 is 0 Å². The van der Waals surface area contributed by atoms with Gasteiger partial charge in [0.25, 0.3) is 0 Å². The summed E-state index contributed by atoms with van der Waals surface area (Å²) in [7, 11) is 0. The first-order valence-electron chi connectivity index (χ1n) is 7.19. The molecule has 1 atom stereocenters. The molecule has 1 fully saturated rings. The van der Waals surface area contributed by atoms with Crippen LogP contribution in [0.15, 0.2) is 18.2 Å². The van der Waals surface area contributed by atoms with Gasteiger partial charge in [-0.15, -0.1) is 0 Å². The Kier molecular flexibility index (Phi) is 4.43. The van der Waals surface area contributed by atoms with E-state index in [9.17, 15) is 9.18 Å². The van der Waals surface area contributed by atoms with Crippen LogP contribution in [0.5, 0.6) is 0 Å². The van der Waals surface area contributed by atoms with Gasteiger partial charge in [0.15, 0.2) is 0 Å². The molecule has 0 bridgehead atoms. The molecule has 20 heavy (non-hydrogen) atoms. The molecule has 1 aliphatic heterocycles. The lowest BCUT2D eigenvalue weighted by Gasteiger charge is -2.36. The Bertz CT molecular complexity index is 493. The molecule has 2 rings (SSSR count). The fourth-order valence-electron chi connectivity index (χ4n) is 2.66. The van der Waals surface area contributed by atoms with Crippen LogP contribution in [-0.2, 0) is 4.79 Å². The highest BCUT2D eigenvalue weighted by Gasteiger charge is 2.37. The van der Waals surface area contributed by atoms with Crippen molar-refractivity contribution in [3.05, 3.63) is 29.6 Å². The molecule has 110 valence electrons. The third kappa shape index (κ3) is 3.18. The van der Waals surface area contributed by atoms with Crippen LogP contribution in [0.3, 0.4) is 0 Å². The second-order valence-electron chi connectivity index (χ2n) is 6.20. The van der Waals surface area contributed by atoms with E-state index >= 15 is 0 Å². The van der Waals surface area contributed by atoms with Crippen molar-refractivity contribution in [2.24, 2.45) is 11.3 Å². The summed E-state index contributed by atoms with van der Waals surface area (Å²) in [5, 5.41) is 6.06. The molecule has 0 spiro atoms. The molecule has 1 amide bonds. The lowest BCUT2D eigenvalue weighted by Crippen LogP contribution is -2.44. The number of anilines is 1. The number of aryl methyl sites for hydroxylation is 1. The molecule has 0 aromatic heterocycles. The Hall–Kier alpha value is -1.42. The van der Waals surface area contributed by atoms with Gasteiger partial charge in [0, 0.05) is 5.41 Å². The summed E-state index contributed by atoms with van der Waals surface area (Å²) in [4.78, 5) is 12.5. The first-order chi connectivity index (χ1) is 9.41. The predicted molar refractivity (Wildman–Crippen MR) is 79.1 cm³/mol. The maximum Gasteiger partial charge on any atom is 0.230 e. The lowest BCUT2D eigenvalue weighted by molar-refractivity contribution is -0.127. The highest BCUT2D eigenvalue weighted by molar-refractivity contribution is 5.95. The second-order valence-corrected chi connectivity index (χ2v) is 6.20. The highest BCUT2D eigenvalue weighted by Crippen LogP contribution is 2.33. The molecule has 0 saturated carbocycles. The van der Waals surface area contributed by atoms with Crippen LogP contribution < -0.4 is 10.6 Å². The average Bonchev–Trinajstić information content (AvgIpc) is 2.42. The summed E-state index contributed by atoms with van der Waals surface area (Å²) in [5.74, 6) is -0.213. The van der Waals surface area contributed by atoms with Crippen molar-refractivity contribution in [3.63, 3.8) is 0 Å². The van der Waals surface area contributed by atoms with Crippen LogP contribution in [-0.4, -0.2) is 19.0 Å². The average molecular weight is 278 g/mol. The van der Waals surface area contributed by atoms with Crippen molar-refractivity contribution < 1.29 is 9.18 Å². The molecule has 2 N–H and O–H groups in total. The van der Waals surface area contributed by atoms with E-state index < -0.39 is 5.41 Å². The predicted octanol–water partition coefficient (Wildman–Crippen LogP) is 3.10. The highest BCUT2D eigenvalue weighted by atomic mass is 19.1. The summed E-state index contributed by atoms with van der Waals surface area (Å²) in [6.45, 7) is 7.56. The monoisotopic (exact) mass is 278 g/mol. The smallest absolute Gasteiger partial charge is 0.230 e.